The summed E-state index contributed by atoms with van der Waals surface area (Å²) in [5, 5.41) is 2.80. The molecule has 0 radical (unpaired) electrons. The highest BCUT2D eigenvalue weighted by atomic mass is 16.5. The van der Waals surface area contributed by atoms with E-state index in [9.17, 15) is 9.59 Å². The van der Waals surface area contributed by atoms with E-state index in [-0.39, 0.29) is 18.4 Å². The Morgan fingerprint density at radius 3 is 2.53 bits per heavy atom. The van der Waals surface area contributed by atoms with E-state index in [1.54, 1.807) is 25.8 Å². The van der Waals surface area contributed by atoms with Crippen molar-refractivity contribution < 1.29 is 14.3 Å². The quantitative estimate of drug-likeness (QED) is 0.791. The van der Waals surface area contributed by atoms with Crippen molar-refractivity contribution in [3.63, 3.8) is 0 Å². The zero-order chi connectivity index (χ0) is 14.3. The molecule has 0 heterocycles. The molecule has 19 heavy (non-hydrogen) atoms. The van der Waals surface area contributed by atoms with Crippen LogP contribution in [0.1, 0.15) is 13.8 Å². The third-order valence-electron chi connectivity index (χ3n) is 2.77. The zero-order valence-corrected chi connectivity index (χ0v) is 11.6. The minimum absolute atomic E-state index is 0.0945. The van der Waals surface area contributed by atoms with Gasteiger partial charge in [0.1, 0.15) is 0 Å². The second-order valence-electron chi connectivity index (χ2n) is 4.25. The van der Waals surface area contributed by atoms with Gasteiger partial charge < -0.3 is 10.1 Å². The van der Waals surface area contributed by atoms with Crippen LogP contribution in [-0.2, 0) is 14.3 Å². The molecular formula is C14H20N2O3. The average molecular weight is 264 g/mol. The highest BCUT2D eigenvalue weighted by Gasteiger charge is 2.20. The summed E-state index contributed by atoms with van der Waals surface area (Å²) in [6.45, 7) is 3.94. The van der Waals surface area contributed by atoms with E-state index in [1.807, 2.05) is 30.3 Å². The maximum absolute atomic E-state index is 12.0. The molecule has 1 N–H and O–H groups in total. The Labute approximate surface area is 113 Å². The molecule has 0 aromatic heterocycles. The third kappa shape index (κ3) is 5.09. The Morgan fingerprint density at radius 2 is 1.95 bits per heavy atom. The summed E-state index contributed by atoms with van der Waals surface area (Å²) in [5.41, 5.74) is 0.740. The SMILES string of the molecule is CCOC(=O)CN(C)C(C)C(=O)Nc1ccccc1. The number of benzene rings is 1. The molecule has 0 bridgehead atoms. The van der Waals surface area contributed by atoms with Gasteiger partial charge in [0, 0.05) is 5.69 Å². The number of hydrogen-bond donors (Lipinski definition) is 1. The second kappa shape index (κ2) is 7.53. The van der Waals surface area contributed by atoms with E-state index in [0.29, 0.717) is 6.61 Å². The molecule has 5 heteroatoms. The van der Waals surface area contributed by atoms with Crippen LogP contribution in [-0.4, -0.2) is 43.0 Å². The molecular weight excluding hydrogens is 244 g/mol. The van der Waals surface area contributed by atoms with Crippen LogP contribution < -0.4 is 5.32 Å². The lowest BCUT2D eigenvalue weighted by Gasteiger charge is -2.22. The van der Waals surface area contributed by atoms with Gasteiger partial charge in [-0.05, 0) is 33.0 Å². The molecule has 104 valence electrons. The molecule has 1 rings (SSSR count). The summed E-state index contributed by atoms with van der Waals surface area (Å²) >= 11 is 0. The van der Waals surface area contributed by atoms with Crippen LogP contribution in [0.25, 0.3) is 0 Å². The van der Waals surface area contributed by atoms with Gasteiger partial charge in [0.25, 0.3) is 0 Å². The van der Waals surface area contributed by atoms with Crippen LogP contribution in [0.4, 0.5) is 5.69 Å². The van der Waals surface area contributed by atoms with Crippen molar-refractivity contribution in [1.29, 1.82) is 0 Å². The highest BCUT2D eigenvalue weighted by Crippen LogP contribution is 2.07. The molecule has 0 fully saturated rings. The molecule has 0 spiro atoms. The summed E-state index contributed by atoms with van der Waals surface area (Å²) in [5.74, 6) is -0.484. The van der Waals surface area contributed by atoms with E-state index < -0.39 is 6.04 Å². The highest BCUT2D eigenvalue weighted by molar-refractivity contribution is 5.94. The average Bonchev–Trinajstić information content (AvgIpc) is 2.39. The van der Waals surface area contributed by atoms with Crippen molar-refractivity contribution in [3.8, 4) is 0 Å². The number of hydrogen-bond acceptors (Lipinski definition) is 4. The number of anilines is 1. The molecule has 0 saturated carbocycles. The summed E-state index contributed by atoms with van der Waals surface area (Å²) in [7, 11) is 1.71. The van der Waals surface area contributed by atoms with Crippen LogP contribution in [0, 0.1) is 0 Å². The van der Waals surface area contributed by atoms with Gasteiger partial charge in [-0.3, -0.25) is 14.5 Å². The first-order valence-electron chi connectivity index (χ1n) is 6.26. The van der Waals surface area contributed by atoms with Gasteiger partial charge in [0.15, 0.2) is 0 Å². The van der Waals surface area contributed by atoms with E-state index in [0.717, 1.165) is 5.69 Å². The van der Waals surface area contributed by atoms with Gasteiger partial charge >= 0.3 is 5.97 Å². The first kappa shape index (κ1) is 15.2. The maximum Gasteiger partial charge on any atom is 0.320 e. The molecule has 1 aromatic carbocycles. The number of ether oxygens (including phenoxy) is 1. The first-order chi connectivity index (χ1) is 9.04. The van der Waals surface area contributed by atoms with Gasteiger partial charge in [0.2, 0.25) is 5.91 Å². The topological polar surface area (TPSA) is 58.6 Å². The van der Waals surface area contributed by atoms with Crippen molar-refractivity contribution in [2.75, 3.05) is 25.5 Å². The number of rotatable bonds is 6. The Balaban J connectivity index is 2.50. The molecule has 1 aromatic rings. The minimum Gasteiger partial charge on any atom is -0.465 e. The molecule has 0 aliphatic carbocycles. The number of carbonyl (C=O) groups excluding carboxylic acids is 2. The van der Waals surface area contributed by atoms with Crippen molar-refractivity contribution in [2.45, 2.75) is 19.9 Å². The van der Waals surface area contributed by atoms with Gasteiger partial charge in [-0.15, -0.1) is 0 Å². The summed E-state index contributed by atoms with van der Waals surface area (Å²) in [4.78, 5) is 25.0. The van der Waals surface area contributed by atoms with Crippen molar-refractivity contribution in [3.05, 3.63) is 30.3 Å². The lowest BCUT2D eigenvalue weighted by Crippen LogP contribution is -2.42. The van der Waals surface area contributed by atoms with E-state index >= 15 is 0 Å². The third-order valence-corrected chi connectivity index (χ3v) is 2.77. The van der Waals surface area contributed by atoms with Crippen LogP contribution in [0.3, 0.4) is 0 Å². The van der Waals surface area contributed by atoms with E-state index in [4.69, 9.17) is 4.74 Å². The van der Waals surface area contributed by atoms with Gasteiger partial charge in [0.05, 0.1) is 19.2 Å². The Bertz CT molecular complexity index is 420. The van der Waals surface area contributed by atoms with Crippen molar-refractivity contribution in [2.24, 2.45) is 0 Å². The van der Waals surface area contributed by atoms with Crippen molar-refractivity contribution in [1.82, 2.24) is 4.90 Å². The molecule has 0 saturated heterocycles. The molecule has 0 aliphatic heterocycles. The van der Waals surface area contributed by atoms with Crippen LogP contribution in [0.15, 0.2) is 30.3 Å². The number of esters is 1. The number of amides is 1. The maximum atomic E-state index is 12.0. The smallest absolute Gasteiger partial charge is 0.320 e. The molecule has 0 aliphatic rings. The van der Waals surface area contributed by atoms with Crippen LogP contribution in [0.5, 0.6) is 0 Å². The van der Waals surface area contributed by atoms with Crippen LogP contribution in [0.2, 0.25) is 0 Å². The summed E-state index contributed by atoms with van der Waals surface area (Å²) in [6, 6.07) is 8.80. The van der Waals surface area contributed by atoms with E-state index in [1.165, 1.54) is 0 Å². The Morgan fingerprint density at radius 1 is 1.32 bits per heavy atom. The lowest BCUT2D eigenvalue weighted by atomic mass is 10.2. The monoisotopic (exact) mass is 264 g/mol. The van der Waals surface area contributed by atoms with Crippen molar-refractivity contribution >= 4 is 17.6 Å². The normalized spacial score (nSPS) is 12.0. The van der Waals surface area contributed by atoms with Gasteiger partial charge in [-0.2, -0.15) is 0 Å². The van der Waals surface area contributed by atoms with Gasteiger partial charge in [-0.25, -0.2) is 0 Å². The Hall–Kier alpha value is -1.88. The lowest BCUT2D eigenvalue weighted by molar-refractivity contribution is -0.144. The predicted octanol–water partition coefficient (Wildman–Crippen LogP) is 1.51. The largest absolute Gasteiger partial charge is 0.465 e. The number of nitrogens with zero attached hydrogens (tertiary/aromatic N) is 1. The minimum atomic E-state index is -0.412. The Kier molecular flexibility index (Phi) is 6.02. The van der Waals surface area contributed by atoms with E-state index in [2.05, 4.69) is 5.32 Å². The summed E-state index contributed by atoms with van der Waals surface area (Å²) < 4.78 is 4.85. The zero-order valence-electron chi connectivity index (χ0n) is 11.6. The fourth-order valence-electron chi connectivity index (χ4n) is 1.52. The number of likely N-dealkylation sites (N-methyl/N-ethyl adjacent to an activating group) is 1. The number of carbonyl (C=O) groups is 2. The van der Waals surface area contributed by atoms with Gasteiger partial charge in [-0.1, -0.05) is 18.2 Å². The second-order valence-corrected chi connectivity index (χ2v) is 4.25. The molecule has 5 nitrogen and oxygen atoms in total. The molecule has 1 amide bonds. The molecule has 1 unspecified atom stereocenters. The fraction of sp³-hybridized carbons (Fsp3) is 0.429. The molecule has 1 atom stereocenters. The standard InChI is InChI=1S/C14H20N2O3/c1-4-19-13(17)10-16(3)11(2)14(18)15-12-8-6-5-7-9-12/h5-9,11H,4,10H2,1-3H3,(H,15,18). The first-order valence-corrected chi connectivity index (χ1v) is 6.26. The summed E-state index contributed by atoms with van der Waals surface area (Å²) in [6.07, 6.45) is 0. The van der Waals surface area contributed by atoms with Crippen LogP contribution >= 0.6 is 0 Å². The predicted molar refractivity (Wildman–Crippen MR) is 73.8 cm³/mol. The number of para-hydroxylation sites is 1. The fourth-order valence-corrected chi connectivity index (χ4v) is 1.52. The number of nitrogens with one attached hydrogen (secondary N) is 1.